The molecule has 1 heterocycles. The lowest BCUT2D eigenvalue weighted by Gasteiger charge is -2.27. The van der Waals surface area contributed by atoms with Crippen molar-refractivity contribution in [2.75, 3.05) is 13.1 Å². The molecule has 1 aromatic rings. The van der Waals surface area contributed by atoms with Gasteiger partial charge in [0.05, 0.1) is 17.2 Å². The third-order valence-electron chi connectivity index (χ3n) is 4.45. The average molecular weight is 368 g/mol. The van der Waals surface area contributed by atoms with E-state index in [-0.39, 0.29) is 23.0 Å². The average Bonchev–Trinajstić information content (AvgIpc) is 3.05. The van der Waals surface area contributed by atoms with E-state index >= 15 is 0 Å². The second-order valence-corrected chi connectivity index (χ2v) is 7.90. The van der Waals surface area contributed by atoms with Gasteiger partial charge in [-0.1, -0.05) is 0 Å². The van der Waals surface area contributed by atoms with Crippen LogP contribution in [0.3, 0.4) is 0 Å². The fourth-order valence-corrected chi connectivity index (χ4v) is 3.99. The van der Waals surface area contributed by atoms with Gasteiger partial charge in [-0.05, 0) is 50.3 Å². The van der Waals surface area contributed by atoms with E-state index in [2.05, 4.69) is 0 Å². The first-order chi connectivity index (χ1) is 11.9. The van der Waals surface area contributed by atoms with E-state index in [1.165, 1.54) is 22.5 Å². The Balaban J connectivity index is 1.83. The molecule has 0 atom stereocenters. The van der Waals surface area contributed by atoms with Crippen LogP contribution in [0.1, 0.15) is 52.8 Å². The second-order valence-electron chi connectivity index (χ2n) is 6.23. The topological polar surface area (TPSA) is 113 Å². The molecule has 3 rings (SSSR count). The molecule has 2 N–H and O–H groups in total. The molecule has 1 amide bonds. The minimum absolute atomic E-state index is 0.0136. The Bertz CT molecular complexity index is 782. The summed E-state index contributed by atoms with van der Waals surface area (Å²) < 4.78 is 33.5. The van der Waals surface area contributed by atoms with Crippen molar-refractivity contribution in [3.8, 4) is 5.75 Å². The van der Waals surface area contributed by atoms with Crippen LogP contribution in [-0.4, -0.2) is 48.9 Å². The highest BCUT2D eigenvalue weighted by atomic mass is 32.2. The summed E-state index contributed by atoms with van der Waals surface area (Å²) in [7, 11) is -3.91. The van der Waals surface area contributed by atoms with Gasteiger partial charge in [-0.2, -0.15) is 12.7 Å². The van der Waals surface area contributed by atoms with Crippen molar-refractivity contribution in [2.24, 2.45) is 0 Å². The van der Waals surface area contributed by atoms with Crippen LogP contribution in [0.5, 0.6) is 5.75 Å². The fourth-order valence-electron chi connectivity index (χ4n) is 2.77. The maximum atomic E-state index is 12.5. The number of amides is 1. The molecule has 25 heavy (non-hydrogen) atoms. The van der Waals surface area contributed by atoms with Crippen molar-refractivity contribution >= 4 is 22.1 Å². The normalized spacial score (nSPS) is 18.6. The molecule has 9 heteroatoms. The standard InChI is InChI=1S/C16H20N2O6S/c19-15(17-25(22,23)18-8-1-2-9-18)13-7-6-11(16(20)21)10-14(13)24-12-4-3-5-12/h6-7,10,12H,1-5,8-9H2,(H,17,19)(H,20,21). The Morgan fingerprint density at radius 2 is 1.84 bits per heavy atom. The summed E-state index contributed by atoms with van der Waals surface area (Å²) in [4.78, 5) is 23.6. The number of nitrogens with one attached hydrogen (secondary N) is 1. The van der Waals surface area contributed by atoms with Gasteiger partial charge in [-0.3, -0.25) is 4.79 Å². The number of aromatic carboxylic acids is 1. The highest BCUT2D eigenvalue weighted by Crippen LogP contribution is 2.29. The number of carboxylic acids is 1. The zero-order chi connectivity index (χ0) is 18.0. The zero-order valence-electron chi connectivity index (χ0n) is 13.6. The number of hydrogen-bond acceptors (Lipinski definition) is 5. The van der Waals surface area contributed by atoms with Gasteiger partial charge >= 0.3 is 16.2 Å². The number of carbonyl (C=O) groups is 2. The Morgan fingerprint density at radius 1 is 1.16 bits per heavy atom. The molecule has 1 aliphatic heterocycles. The van der Waals surface area contributed by atoms with Gasteiger partial charge in [-0.25, -0.2) is 9.52 Å². The van der Waals surface area contributed by atoms with Gasteiger partial charge in [0.15, 0.2) is 0 Å². The first-order valence-electron chi connectivity index (χ1n) is 8.23. The molecule has 1 aliphatic carbocycles. The van der Waals surface area contributed by atoms with Crippen molar-refractivity contribution in [3.63, 3.8) is 0 Å². The summed E-state index contributed by atoms with van der Waals surface area (Å²) in [5.41, 5.74) is -0.00653. The lowest BCUT2D eigenvalue weighted by atomic mass is 9.96. The smallest absolute Gasteiger partial charge is 0.335 e. The van der Waals surface area contributed by atoms with Crippen LogP contribution in [-0.2, 0) is 10.2 Å². The molecule has 0 unspecified atom stereocenters. The molecule has 2 fully saturated rings. The van der Waals surface area contributed by atoms with Gasteiger partial charge in [-0.15, -0.1) is 0 Å². The number of carbonyl (C=O) groups excluding carboxylic acids is 1. The van der Waals surface area contributed by atoms with E-state index in [1.807, 2.05) is 4.72 Å². The molecule has 2 aliphatic rings. The van der Waals surface area contributed by atoms with Gasteiger partial charge in [0.25, 0.3) is 5.91 Å². The minimum Gasteiger partial charge on any atom is -0.490 e. The van der Waals surface area contributed by atoms with Crippen LogP contribution in [0.4, 0.5) is 0 Å². The zero-order valence-corrected chi connectivity index (χ0v) is 14.4. The monoisotopic (exact) mass is 368 g/mol. The number of benzene rings is 1. The Labute approximate surface area is 146 Å². The molecule has 1 saturated heterocycles. The van der Waals surface area contributed by atoms with Crippen molar-refractivity contribution in [1.82, 2.24) is 9.03 Å². The number of rotatable bonds is 6. The molecule has 1 aromatic carbocycles. The lowest BCUT2D eigenvalue weighted by molar-refractivity contribution is 0.0693. The lowest BCUT2D eigenvalue weighted by Crippen LogP contribution is -2.42. The molecule has 0 bridgehead atoms. The third kappa shape index (κ3) is 3.93. The highest BCUT2D eigenvalue weighted by molar-refractivity contribution is 7.87. The molecule has 136 valence electrons. The molecule has 8 nitrogen and oxygen atoms in total. The first kappa shape index (κ1) is 17.7. The summed E-state index contributed by atoms with van der Waals surface area (Å²) in [6.07, 6.45) is 4.10. The number of carboxylic acid groups (broad SMARTS) is 1. The predicted octanol–water partition coefficient (Wildman–Crippen LogP) is 1.39. The molecule has 0 spiro atoms. The van der Waals surface area contributed by atoms with Crippen LogP contribution in [0.25, 0.3) is 0 Å². The number of nitrogens with zero attached hydrogens (tertiary/aromatic N) is 1. The Hall–Kier alpha value is -2.13. The number of hydrogen-bond donors (Lipinski definition) is 2. The van der Waals surface area contributed by atoms with Gasteiger partial charge in [0, 0.05) is 13.1 Å². The Morgan fingerprint density at radius 3 is 2.40 bits per heavy atom. The summed E-state index contributed by atoms with van der Waals surface area (Å²) in [5.74, 6) is -1.87. The van der Waals surface area contributed by atoms with Crippen LogP contribution in [0.15, 0.2) is 18.2 Å². The fraction of sp³-hybridized carbons (Fsp3) is 0.500. The highest BCUT2D eigenvalue weighted by Gasteiger charge is 2.29. The largest absolute Gasteiger partial charge is 0.490 e. The first-order valence-corrected chi connectivity index (χ1v) is 9.67. The van der Waals surface area contributed by atoms with Crippen LogP contribution in [0, 0.1) is 0 Å². The van der Waals surface area contributed by atoms with E-state index in [4.69, 9.17) is 9.84 Å². The van der Waals surface area contributed by atoms with E-state index in [1.54, 1.807) is 0 Å². The van der Waals surface area contributed by atoms with E-state index in [9.17, 15) is 18.0 Å². The number of ether oxygens (including phenoxy) is 1. The predicted molar refractivity (Wildman–Crippen MR) is 88.9 cm³/mol. The molecular weight excluding hydrogens is 348 g/mol. The van der Waals surface area contributed by atoms with Gasteiger partial charge < -0.3 is 9.84 Å². The SMILES string of the molecule is O=C(O)c1ccc(C(=O)NS(=O)(=O)N2CCCC2)c(OC2CCC2)c1. The van der Waals surface area contributed by atoms with Crippen LogP contribution in [0.2, 0.25) is 0 Å². The van der Waals surface area contributed by atoms with Crippen molar-refractivity contribution < 1.29 is 27.9 Å². The van der Waals surface area contributed by atoms with Crippen LogP contribution < -0.4 is 9.46 Å². The van der Waals surface area contributed by atoms with Gasteiger partial charge in [0.2, 0.25) is 0 Å². The summed E-state index contributed by atoms with van der Waals surface area (Å²) in [6, 6.07) is 3.80. The second kappa shape index (κ2) is 7.01. The van der Waals surface area contributed by atoms with E-state index in [0.29, 0.717) is 13.1 Å². The summed E-state index contributed by atoms with van der Waals surface area (Å²) in [5, 5.41) is 9.12. The summed E-state index contributed by atoms with van der Waals surface area (Å²) in [6.45, 7) is 0.762. The molecule has 0 aromatic heterocycles. The minimum atomic E-state index is -3.91. The quantitative estimate of drug-likeness (QED) is 0.784. The summed E-state index contributed by atoms with van der Waals surface area (Å²) >= 11 is 0. The van der Waals surface area contributed by atoms with Crippen molar-refractivity contribution in [2.45, 2.75) is 38.2 Å². The third-order valence-corrected chi connectivity index (χ3v) is 5.93. The molecule has 0 radical (unpaired) electrons. The maximum Gasteiger partial charge on any atom is 0.335 e. The van der Waals surface area contributed by atoms with Crippen molar-refractivity contribution in [3.05, 3.63) is 29.3 Å². The Kier molecular flexibility index (Phi) is 4.96. The van der Waals surface area contributed by atoms with E-state index < -0.39 is 22.1 Å². The van der Waals surface area contributed by atoms with E-state index in [0.717, 1.165) is 32.1 Å². The maximum absolute atomic E-state index is 12.5. The van der Waals surface area contributed by atoms with Crippen LogP contribution >= 0.6 is 0 Å². The molecule has 1 saturated carbocycles. The van der Waals surface area contributed by atoms with Crippen molar-refractivity contribution in [1.29, 1.82) is 0 Å². The van der Waals surface area contributed by atoms with Gasteiger partial charge in [0.1, 0.15) is 5.75 Å². The molecular formula is C16H20N2O6S.